The van der Waals surface area contributed by atoms with E-state index in [1.54, 1.807) is 0 Å². The van der Waals surface area contributed by atoms with E-state index >= 15 is 0 Å². The molecule has 0 aliphatic rings. The summed E-state index contributed by atoms with van der Waals surface area (Å²) in [5, 5.41) is 28.8. The van der Waals surface area contributed by atoms with Crippen LogP contribution in [0.15, 0.2) is 0 Å². The number of unbranched alkanes of at least 4 members (excludes halogenated alkanes) is 13. The smallest absolute Gasteiger partial charge is 0.349 e. The largest absolute Gasteiger partial charge is 0.481 e. The van der Waals surface area contributed by atoms with Gasteiger partial charge in [-0.15, -0.1) is 0 Å². The van der Waals surface area contributed by atoms with Crippen LogP contribution in [0.5, 0.6) is 0 Å². The molecule has 0 fully saturated rings. The molecule has 0 aliphatic heterocycles. The van der Waals surface area contributed by atoms with E-state index in [1.807, 2.05) is 6.92 Å². The van der Waals surface area contributed by atoms with Crippen LogP contribution in [-0.4, -0.2) is 44.8 Å². The van der Waals surface area contributed by atoms with Gasteiger partial charge in [-0.1, -0.05) is 104 Å². The van der Waals surface area contributed by atoms with E-state index in [4.69, 9.17) is 4.74 Å². The van der Waals surface area contributed by atoms with Crippen molar-refractivity contribution >= 4 is 23.9 Å². The second kappa shape index (κ2) is 19.2. The van der Waals surface area contributed by atoms with Crippen molar-refractivity contribution in [2.75, 3.05) is 0 Å². The van der Waals surface area contributed by atoms with Crippen LogP contribution in [0, 0.1) is 5.92 Å². The van der Waals surface area contributed by atoms with Gasteiger partial charge in [0.25, 0.3) is 0 Å². The molecular weight excluding hydrogens is 440 g/mol. The van der Waals surface area contributed by atoms with Gasteiger partial charge >= 0.3 is 23.9 Å². The SMILES string of the molecule is CCCCCCCCCCCCCCC(C(=O)O)C(CC(=O)O)(OC(=O)CCCCC)C(=O)O. The zero-order chi connectivity index (χ0) is 25.8. The van der Waals surface area contributed by atoms with Gasteiger partial charge in [0.1, 0.15) is 5.92 Å². The molecule has 0 amide bonds. The molecule has 3 N–H and O–H groups in total. The van der Waals surface area contributed by atoms with Crippen LogP contribution in [-0.2, 0) is 23.9 Å². The normalized spacial score (nSPS) is 13.7. The molecule has 0 saturated heterocycles. The van der Waals surface area contributed by atoms with Crippen LogP contribution in [0.25, 0.3) is 0 Å². The number of carboxylic acid groups (broad SMARTS) is 3. The molecule has 0 bridgehead atoms. The average molecular weight is 487 g/mol. The Balaban J connectivity index is 4.77. The molecule has 0 spiro atoms. The third-order valence-corrected chi connectivity index (χ3v) is 6.26. The number of hydrogen-bond acceptors (Lipinski definition) is 5. The van der Waals surface area contributed by atoms with Crippen LogP contribution in [0.2, 0.25) is 0 Å². The first-order valence-electron chi connectivity index (χ1n) is 13.1. The molecule has 0 aliphatic carbocycles. The summed E-state index contributed by atoms with van der Waals surface area (Å²) < 4.78 is 5.14. The van der Waals surface area contributed by atoms with E-state index in [-0.39, 0.29) is 12.8 Å². The van der Waals surface area contributed by atoms with Gasteiger partial charge in [-0.25, -0.2) is 4.79 Å². The van der Waals surface area contributed by atoms with E-state index in [2.05, 4.69) is 6.92 Å². The molecule has 198 valence electrons. The van der Waals surface area contributed by atoms with Crippen molar-refractivity contribution in [3.05, 3.63) is 0 Å². The molecule has 2 unspecified atom stereocenters. The molecule has 0 heterocycles. The van der Waals surface area contributed by atoms with Gasteiger partial charge in [0.2, 0.25) is 5.60 Å². The Labute approximate surface area is 204 Å². The van der Waals surface area contributed by atoms with Crippen molar-refractivity contribution in [3.8, 4) is 0 Å². The molecule has 0 aromatic rings. The van der Waals surface area contributed by atoms with Crippen molar-refractivity contribution in [1.29, 1.82) is 0 Å². The highest BCUT2D eigenvalue weighted by Crippen LogP contribution is 2.33. The second-order valence-electron chi connectivity index (χ2n) is 9.26. The summed E-state index contributed by atoms with van der Waals surface area (Å²) in [5.74, 6) is -7.22. The van der Waals surface area contributed by atoms with Crippen LogP contribution >= 0.6 is 0 Å². The number of carbonyl (C=O) groups excluding carboxylic acids is 1. The lowest BCUT2D eigenvalue weighted by molar-refractivity contribution is -0.195. The van der Waals surface area contributed by atoms with Crippen molar-refractivity contribution < 1.29 is 39.2 Å². The predicted octanol–water partition coefficient (Wildman–Crippen LogP) is 6.20. The standard InChI is InChI=1S/C26H46O8/c1-3-5-7-8-9-10-11-12-13-14-15-17-18-21(24(30)31)26(25(32)33,20-22(27)28)34-23(29)19-16-6-4-2/h21H,3-20H2,1-2H3,(H,27,28)(H,30,31)(H,32,33). The van der Waals surface area contributed by atoms with Gasteiger partial charge in [0.05, 0.1) is 6.42 Å². The Bertz CT molecular complexity index is 604. The van der Waals surface area contributed by atoms with Crippen molar-refractivity contribution in [3.63, 3.8) is 0 Å². The van der Waals surface area contributed by atoms with E-state index in [0.717, 1.165) is 32.1 Å². The molecule has 34 heavy (non-hydrogen) atoms. The van der Waals surface area contributed by atoms with Crippen molar-refractivity contribution in [1.82, 2.24) is 0 Å². The van der Waals surface area contributed by atoms with Gasteiger partial charge < -0.3 is 20.1 Å². The Morgan fingerprint density at radius 2 is 1.12 bits per heavy atom. The molecule has 0 rings (SSSR count). The molecule has 8 heteroatoms. The lowest BCUT2D eigenvalue weighted by Gasteiger charge is -2.33. The van der Waals surface area contributed by atoms with Gasteiger partial charge in [0, 0.05) is 6.42 Å². The Morgan fingerprint density at radius 3 is 1.53 bits per heavy atom. The summed E-state index contributed by atoms with van der Waals surface area (Å²) in [6.45, 7) is 4.14. The zero-order valence-corrected chi connectivity index (χ0v) is 21.2. The van der Waals surface area contributed by atoms with Crippen LogP contribution in [0.4, 0.5) is 0 Å². The third kappa shape index (κ3) is 13.6. The van der Waals surface area contributed by atoms with Gasteiger partial charge in [-0.05, 0) is 12.8 Å². The van der Waals surface area contributed by atoms with Crippen LogP contribution in [0.3, 0.4) is 0 Å². The van der Waals surface area contributed by atoms with E-state index < -0.39 is 41.8 Å². The Hall–Kier alpha value is -2.12. The maximum Gasteiger partial charge on any atom is 0.349 e. The number of hydrogen-bond donors (Lipinski definition) is 3. The molecule has 0 aromatic heterocycles. The number of ether oxygens (including phenoxy) is 1. The number of esters is 1. The van der Waals surface area contributed by atoms with E-state index in [0.29, 0.717) is 19.3 Å². The highest BCUT2D eigenvalue weighted by Gasteiger charge is 2.54. The molecule has 2 atom stereocenters. The first-order valence-corrected chi connectivity index (χ1v) is 13.1. The maximum absolute atomic E-state index is 12.3. The van der Waals surface area contributed by atoms with E-state index in [1.165, 1.54) is 44.9 Å². The van der Waals surface area contributed by atoms with E-state index in [9.17, 15) is 34.5 Å². The van der Waals surface area contributed by atoms with Crippen molar-refractivity contribution in [2.45, 2.75) is 135 Å². The number of carboxylic acids is 3. The quantitative estimate of drug-likeness (QED) is 0.115. The topological polar surface area (TPSA) is 138 Å². The zero-order valence-electron chi connectivity index (χ0n) is 21.2. The molecule has 0 radical (unpaired) electrons. The fraction of sp³-hybridized carbons (Fsp3) is 0.846. The minimum absolute atomic E-state index is 0.0609. The van der Waals surface area contributed by atoms with Crippen LogP contribution in [0.1, 0.15) is 129 Å². The third-order valence-electron chi connectivity index (χ3n) is 6.26. The van der Waals surface area contributed by atoms with Crippen LogP contribution < -0.4 is 0 Å². The fourth-order valence-corrected chi connectivity index (χ4v) is 4.24. The minimum Gasteiger partial charge on any atom is -0.481 e. The number of rotatable bonds is 23. The summed E-state index contributed by atoms with van der Waals surface area (Å²) in [7, 11) is 0. The maximum atomic E-state index is 12.3. The lowest BCUT2D eigenvalue weighted by Crippen LogP contribution is -2.54. The second-order valence-corrected chi connectivity index (χ2v) is 9.26. The van der Waals surface area contributed by atoms with Gasteiger partial charge in [0.15, 0.2) is 0 Å². The van der Waals surface area contributed by atoms with Gasteiger partial charge in [-0.2, -0.15) is 0 Å². The Kier molecular flexibility index (Phi) is 18.0. The summed E-state index contributed by atoms with van der Waals surface area (Å²) in [6.07, 6.45) is 13.8. The summed E-state index contributed by atoms with van der Waals surface area (Å²) >= 11 is 0. The first-order chi connectivity index (χ1) is 16.2. The molecular formula is C26H46O8. The molecule has 0 aromatic carbocycles. The minimum atomic E-state index is -2.61. The predicted molar refractivity (Wildman–Crippen MR) is 130 cm³/mol. The van der Waals surface area contributed by atoms with Gasteiger partial charge in [-0.3, -0.25) is 14.4 Å². The highest BCUT2D eigenvalue weighted by molar-refractivity contribution is 5.92. The summed E-state index contributed by atoms with van der Waals surface area (Å²) in [5.41, 5.74) is -2.61. The number of aliphatic carboxylic acids is 3. The molecule has 0 saturated carbocycles. The Morgan fingerprint density at radius 1 is 0.676 bits per heavy atom. The lowest BCUT2D eigenvalue weighted by atomic mass is 9.80. The summed E-state index contributed by atoms with van der Waals surface area (Å²) in [6, 6.07) is 0. The summed E-state index contributed by atoms with van der Waals surface area (Å²) in [4.78, 5) is 47.7. The monoisotopic (exact) mass is 486 g/mol. The first kappa shape index (κ1) is 31.9. The van der Waals surface area contributed by atoms with Crippen molar-refractivity contribution in [2.24, 2.45) is 5.92 Å². The molecule has 8 nitrogen and oxygen atoms in total. The average Bonchev–Trinajstić information content (AvgIpc) is 2.76. The number of carbonyl (C=O) groups is 4. The highest BCUT2D eigenvalue weighted by atomic mass is 16.6. The fourth-order valence-electron chi connectivity index (χ4n) is 4.24.